The summed E-state index contributed by atoms with van der Waals surface area (Å²) in [6.07, 6.45) is 2.13. The van der Waals surface area contributed by atoms with E-state index in [2.05, 4.69) is 5.32 Å². The molecule has 0 aromatic heterocycles. The summed E-state index contributed by atoms with van der Waals surface area (Å²) in [5.41, 5.74) is 6.42. The van der Waals surface area contributed by atoms with E-state index in [9.17, 15) is 4.79 Å². The van der Waals surface area contributed by atoms with Gasteiger partial charge in [-0.3, -0.25) is 4.79 Å². The van der Waals surface area contributed by atoms with Crippen LogP contribution in [-0.2, 0) is 4.79 Å². The van der Waals surface area contributed by atoms with Crippen molar-refractivity contribution in [2.45, 2.75) is 32.2 Å². The van der Waals surface area contributed by atoms with Crippen molar-refractivity contribution in [2.75, 3.05) is 5.32 Å². The number of nitrogens with two attached hydrogens (primary N) is 1. The highest BCUT2D eigenvalue weighted by Gasteiger charge is 2.09. The van der Waals surface area contributed by atoms with Crippen molar-refractivity contribution >= 4 is 34.8 Å². The van der Waals surface area contributed by atoms with Gasteiger partial charge in [-0.15, -0.1) is 0 Å². The molecule has 0 fully saturated rings. The zero-order chi connectivity index (χ0) is 12.8. The molecule has 0 aliphatic carbocycles. The average molecular weight is 275 g/mol. The number of hydrogen-bond donors (Lipinski definition) is 2. The smallest absolute Gasteiger partial charge is 0.225 e. The van der Waals surface area contributed by atoms with E-state index in [1.807, 2.05) is 6.92 Å². The van der Waals surface area contributed by atoms with Gasteiger partial charge in [-0.2, -0.15) is 0 Å². The average Bonchev–Trinajstić information content (AvgIpc) is 2.23. The molecule has 94 valence electrons. The van der Waals surface area contributed by atoms with Crippen molar-refractivity contribution < 1.29 is 4.79 Å². The highest BCUT2D eigenvalue weighted by molar-refractivity contribution is 6.42. The molecule has 3 nitrogen and oxygen atoms in total. The molecule has 1 amide bonds. The second-order valence-corrected chi connectivity index (χ2v) is 4.74. The van der Waals surface area contributed by atoms with Crippen LogP contribution in [0.3, 0.4) is 0 Å². The largest absolute Gasteiger partial charge is 0.327 e. The Morgan fingerprint density at radius 3 is 2.71 bits per heavy atom. The molecule has 0 saturated heterocycles. The molecule has 0 saturated carbocycles. The zero-order valence-corrected chi connectivity index (χ0v) is 11.2. The van der Waals surface area contributed by atoms with Crippen molar-refractivity contribution in [2.24, 2.45) is 5.73 Å². The molecule has 1 rings (SSSR count). The third-order valence-corrected chi connectivity index (χ3v) is 3.05. The van der Waals surface area contributed by atoms with E-state index >= 15 is 0 Å². The van der Waals surface area contributed by atoms with Crippen LogP contribution in [0.15, 0.2) is 18.2 Å². The van der Waals surface area contributed by atoms with Gasteiger partial charge in [0.05, 0.1) is 10.0 Å². The molecule has 1 unspecified atom stereocenters. The normalized spacial score (nSPS) is 12.2. The van der Waals surface area contributed by atoms with Gasteiger partial charge in [-0.25, -0.2) is 0 Å². The summed E-state index contributed by atoms with van der Waals surface area (Å²) in [6.45, 7) is 2.04. The molecule has 1 aromatic rings. The van der Waals surface area contributed by atoms with Crippen LogP contribution in [0.1, 0.15) is 26.2 Å². The van der Waals surface area contributed by atoms with E-state index in [-0.39, 0.29) is 11.9 Å². The topological polar surface area (TPSA) is 55.1 Å². The van der Waals surface area contributed by atoms with Gasteiger partial charge < -0.3 is 11.1 Å². The van der Waals surface area contributed by atoms with E-state index in [4.69, 9.17) is 28.9 Å². The highest BCUT2D eigenvalue weighted by atomic mass is 35.5. The summed E-state index contributed by atoms with van der Waals surface area (Å²) < 4.78 is 0. The lowest BCUT2D eigenvalue weighted by Crippen LogP contribution is -2.26. The summed E-state index contributed by atoms with van der Waals surface area (Å²) in [6, 6.07) is 4.87. The monoisotopic (exact) mass is 274 g/mol. The minimum Gasteiger partial charge on any atom is -0.327 e. The number of rotatable bonds is 5. The number of benzene rings is 1. The van der Waals surface area contributed by atoms with E-state index < -0.39 is 0 Å². The lowest BCUT2D eigenvalue weighted by molar-refractivity contribution is -0.116. The van der Waals surface area contributed by atoms with Crippen molar-refractivity contribution in [1.29, 1.82) is 0 Å². The van der Waals surface area contributed by atoms with Crippen LogP contribution in [0.2, 0.25) is 10.0 Å². The van der Waals surface area contributed by atoms with E-state index in [1.54, 1.807) is 18.2 Å². The third kappa shape index (κ3) is 4.94. The number of carbonyl (C=O) groups excluding carboxylic acids is 1. The summed E-state index contributed by atoms with van der Waals surface area (Å²) in [4.78, 5) is 11.6. The predicted molar refractivity (Wildman–Crippen MR) is 72.6 cm³/mol. The number of carbonyl (C=O) groups is 1. The van der Waals surface area contributed by atoms with Gasteiger partial charge in [0, 0.05) is 18.2 Å². The first kappa shape index (κ1) is 14.3. The van der Waals surface area contributed by atoms with Crippen molar-refractivity contribution in [1.82, 2.24) is 0 Å². The maximum absolute atomic E-state index is 11.6. The standard InChI is InChI=1S/C12H16Cl2N2O/c1-2-3-8(15)6-12(17)16-9-4-5-10(13)11(14)7-9/h4-5,7-8H,2-3,6,15H2,1H3,(H,16,17). The molecular weight excluding hydrogens is 259 g/mol. The molecule has 1 atom stereocenters. The maximum Gasteiger partial charge on any atom is 0.225 e. The number of hydrogen-bond acceptors (Lipinski definition) is 2. The second-order valence-electron chi connectivity index (χ2n) is 3.93. The first-order valence-electron chi connectivity index (χ1n) is 5.53. The van der Waals surface area contributed by atoms with Crippen molar-refractivity contribution in [3.8, 4) is 0 Å². The van der Waals surface area contributed by atoms with E-state index in [0.29, 0.717) is 22.2 Å². The second kappa shape index (κ2) is 6.84. The maximum atomic E-state index is 11.6. The van der Waals surface area contributed by atoms with Crippen LogP contribution in [0.25, 0.3) is 0 Å². The van der Waals surface area contributed by atoms with Gasteiger partial charge in [-0.05, 0) is 24.6 Å². The summed E-state index contributed by atoms with van der Waals surface area (Å²) in [5.74, 6) is -0.107. The summed E-state index contributed by atoms with van der Waals surface area (Å²) >= 11 is 11.6. The number of amides is 1. The first-order valence-corrected chi connectivity index (χ1v) is 6.29. The molecular formula is C12H16Cl2N2O. The Kier molecular flexibility index (Phi) is 5.75. The Labute approximate surface area is 111 Å². The summed E-state index contributed by atoms with van der Waals surface area (Å²) in [7, 11) is 0. The highest BCUT2D eigenvalue weighted by Crippen LogP contribution is 2.25. The molecule has 0 aliphatic heterocycles. The Morgan fingerprint density at radius 2 is 2.12 bits per heavy atom. The number of nitrogens with one attached hydrogen (secondary N) is 1. The molecule has 0 bridgehead atoms. The van der Waals surface area contributed by atoms with Crippen molar-refractivity contribution in [3.05, 3.63) is 28.2 Å². The van der Waals surface area contributed by atoms with Gasteiger partial charge >= 0.3 is 0 Å². The Morgan fingerprint density at radius 1 is 1.41 bits per heavy atom. The van der Waals surface area contributed by atoms with Gasteiger partial charge in [0.25, 0.3) is 0 Å². The van der Waals surface area contributed by atoms with Gasteiger partial charge in [-0.1, -0.05) is 36.5 Å². The Bertz CT molecular complexity index is 396. The fourth-order valence-electron chi connectivity index (χ4n) is 1.50. The van der Waals surface area contributed by atoms with Crippen LogP contribution in [0.5, 0.6) is 0 Å². The molecule has 0 radical (unpaired) electrons. The first-order chi connectivity index (χ1) is 8.02. The van der Waals surface area contributed by atoms with E-state index in [0.717, 1.165) is 12.8 Å². The van der Waals surface area contributed by atoms with Gasteiger partial charge in [0.15, 0.2) is 0 Å². The van der Waals surface area contributed by atoms with Crippen LogP contribution in [-0.4, -0.2) is 11.9 Å². The lowest BCUT2D eigenvalue weighted by Gasteiger charge is -2.10. The zero-order valence-electron chi connectivity index (χ0n) is 9.67. The van der Waals surface area contributed by atoms with Gasteiger partial charge in [0.2, 0.25) is 5.91 Å². The fraction of sp³-hybridized carbons (Fsp3) is 0.417. The molecule has 0 spiro atoms. The molecule has 0 aliphatic rings. The summed E-state index contributed by atoms with van der Waals surface area (Å²) in [5, 5.41) is 3.62. The Hall–Kier alpha value is -0.770. The molecule has 5 heteroatoms. The minimum atomic E-state index is -0.107. The fourth-order valence-corrected chi connectivity index (χ4v) is 1.79. The lowest BCUT2D eigenvalue weighted by atomic mass is 10.1. The predicted octanol–water partition coefficient (Wildman–Crippen LogP) is 3.45. The van der Waals surface area contributed by atoms with Crippen LogP contribution in [0.4, 0.5) is 5.69 Å². The SMILES string of the molecule is CCCC(N)CC(=O)Nc1ccc(Cl)c(Cl)c1. The van der Waals surface area contributed by atoms with Crippen molar-refractivity contribution in [3.63, 3.8) is 0 Å². The number of halogens is 2. The molecule has 1 aromatic carbocycles. The third-order valence-electron chi connectivity index (χ3n) is 2.31. The Balaban J connectivity index is 2.53. The van der Waals surface area contributed by atoms with Crippen LogP contribution >= 0.6 is 23.2 Å². The minimum absolute atomic E-state index is 0.0947. The van der Waals surface area contributed by atoms with Gasteiger partial charge in [0.1, 0.15) is 0 Å². The molecule has 3 N–H and O–H groups in total. The molecule has 0 heterocycles. The quantitative estimate of drug-likeness (QED) is 0.864. The molecule has 17 heavy (non-hydrogen) atoms. The number of anilines is 1. The van der Waals surface area contributed by atoms with Crippen LogP contribution in [0, 0.1) is 0 Å². The van der Waals surface area contributed by atoms with Crippen LogP contribution < -0.4 is 11.1 Å². The van der Waals surface area contributed by atoms with E-state index in [1.165, 1.54) is 0 Å².